The lowest BCUT2D eigenvalue weighted by atomic mass is 10.1. The van der Waals surface area contributed by atoms with Gasteiger partial charge in [0.2, 0.25) is 0 Å². The molecule has 2 N–H and O–H groups in total. The van der Waals surface area contributed by atoms with Crippen molar-refractivity contribution in [2.45, 2.75) is 19.4 Å². The molecular formula is C13H21N3O. The third kappa shape index (κ3) is 2.76. The molecule has 1 saturated heterocycles. The molecule has 2 heterocycles. The van der Waals surface area contributed by atoms with E-state index in [4.69, 9.17) is 5.11 Å². The Morgan fingerprint density at radius 3 is 3.12 bits per heavy atom. The average molecular weight is 235 g/mol. The van der Waals surface area contributed by atoms with Crippen LogP contribution in [0.2, 0.25) is 0 Å². The summed E-state index contributed by atoms with van der Waals surface area (Å²) in [4.78, 5) is 6.68. The van der Waals surface area contributed by atoms with Gasteiger partial charge in [-0.15, -0.1) is 0 Å². The van der Waals surface area contributed by atoms with E-state index in [0.29, 0.717) is 12.0 Å². The molecule has 0 bridgehead atoms. The Morgan fingerprint density at radius 1 is 1.65 bits per heavy atom. The van der Waals surface area contributed by atoms with Crippen molar-refractivity contribution in [3.8, 4) is 0 Å². The van der Waals surface area contributed by atoms with Crippen LogP contribution < -0.4 is 10.2 Å². The minimum absolute atomic E-state index is 0.281. The largest absolute Gasteiger partial charge is 0.396 e. The van der Waals surface area contributed by atoms with Gasteiger partial charge in [-0.3, -0.25) is 0 Å². The Morgan fingerprint density at radius 2 is 2.47 bits per heavy atom. The molecule has 4 nitrogen and oxygen atoms in total. The van der Waals surface area contributed by atoms with Gasteiger partial charge in [0.05, 0.1) is 0 Å². The molecule has 2 unspecified atom stereocenters. The minimum atomic E-state index is 0.281. The number of aromatic nitrogens is 1. The van der Waals surface area contributed by atoms with Gasteiger partial charge < -0.3 is 15.3 Å². The summed E-state index contributed by atoms with van der Waals surface area (Å²) < 4.78 is 0. The molecule has 1 aliphatic rings. The second kappa shape index (κ2) is 5.47. The lowest BCUT2D eigenvalue weighted by Gasteiger charge is -2.19. The van der Waals surface area contributed by atoms with Crippen molar-refractivity contribution in [2.24, 2.45) is 5.92 Å². The highest BCUT2D eigenvalue weighted by Gasteiger charge is 2.22. The minimum Gasteiger partial charge on any atom is -0.396 e. The van der Waals surface area contributed by atoms with Crippen molar-refractivity contribution in [1.82, 2.24) is 10.3 Å². The number of aliphatic hydroxyl groups is 1. The van der Waals surface area contributed by atoms with Gasteiger partial charge in [0.1, 0.15) is 5.82 Å². The molecular weight excluding hydrogens is 214 g/mol. The Kier molecular flexibility index (Phi) is 3.97. The van der Waals surface area contributed by atoms with Crippen LogP contribution in [0.25, 0.3) is 0 Å². The van der Waals surface area contributed by atoms with E-state index in [2.05, 4.69) is 28.2 Å². The van der Waals surface area contributed by atoms with Crippen LogP contribution in [0, 0.1) is 5.92 Å². The molecule has 0 spiro atoms. The highest BCUT2D eigenvalue weighted by atomic mass is 16.3. The van der Waals surface area contributed by atoms with Crippen LogP contribution in [0.15, 0.2) is 18.3 Å². The maximum atomic E-state index is 9.15. The third-order valence-corrected chi connectivity index (χ3v) is 3.57. The molecule has 0 aromatic carbocycles. The summed E-state index contributed by atoms with van der Waals surface area (Å²) in [6.07, 6.45) is 2.93. The van der Waals surface area contributed by atoms with Gasteiger partial charge in [-0.25, -0.2) is 4.98 Å². The molecule has 1 aromatic rings. The molecule has 4 heteroatoms. The van der Waals surface area contributed by atoms with Crippen LogP contribution in [0.4, 0.5) is 5.82 Å². The normalized spacial score (nSPS) is 21.8. The fourth-order valence-electron chi connectivity index (χ4n) is 2.23. The number of pyridine rings is 1. The molecule has 2 rings (SSSR count). The van der Waals surface area contributed by atoms with Gasteiger partial charge in [0.25, 0.3) is 0 Å². The fraction of sp³-hybridized carbons (Fsp3) is 0.615. The highest BCUT2D eigenvalue weighted by molar-refractivity contribution is 5.42. The lowest BCUT2D eigenvalue weighted by molar-refractivity contribution is 0.238. The van der Waals surface area contributed by atoms with E-state index in [-0.39, 0.29) is 6.61 Å². The number of anilines is 1. The molecule has 94 valence electrons. The van der Waals surface area contributed by atoms with E-state index in [1.54, 1.807) is 0 Å². The van der Waals surface area contributed by atoms with Crippen molar-refractivity contribution in [1.29, 1.82) is 0 Å². The number of nitrogens with one attached hydrogen (secondary N) is 1. The number of hydrogen-bond acceptors (Lipinski definition) is 4. The van der Waals surface area contributed by atoms with E-state index in [0.717, 1.165) is 25.3 Å². The van der Waals surface area contributed by atoms with Crippen molar-refractivity contribution in [3.05, 3.63) is 23.9 Å². The van der Waals surface area contributed by atoms with E-state index in [1.807, 2.05) is 19.3 Å². The van der Waals surface area contributed by atoms with Crippen LogP contribution in [0.1, 0.15) is 24.9 Å². The predicted molar refractivity (Wildman–Crippen MR) is 69.1 cm³/mol. The Balaban J connectivity index is 2.11. The average Bonchev–Trinajstić information content (AvgIpc) is 2.86. The van der Waals surface area contributed by atoms with E-state index < -0.39 is 0 Å². The zero-order chi connectivity index (χ0) is 12.3. The summed E-state index contributed by atoms with van der Waals surface area (Å²) in [5, 5.41) is 12.4. The second-order valence-electron chi connectivity index (χ2n) is 4.74. The number of hydrogen-bond donors (Lipinski definition) is 2. The van der Waals surface area contributed by atoms with Crippen molar-refractivity contribution < 1.29 is 5.11 Å². The first-order valence-electron chi connectivity index (χ1n) is 6.23. The van der Waals surface area contributed by atoms with E-state index >= 15 is 0 Å². The van der Waals surface area contributed by atoms with Gasteiger partial charge in [-0.1, -0.05) is 0 Å². The molecule has 1 aromatic heterocycles. The zero-order valence-electron chi connectivity index (χ0n) is 10.6. The van der Waals surface area contributed by atoms with Crippen LogP contribution in [-0.4, -0.2) is 36.8 Å². The van der Waals surface area contributed by atoms with Crippen molar-refractivity contribution >= 4 is 5.82 Å². The summed E-state index contributed by atoms with van der Waals surface area (Å²) in [5.41, 5.74) is 1.25. The first kappa shape index (κ1) is 12.3. The molecule has 17 heavy (non-hydrogen) atoms. The number of rotatable bonds is 4. The molecule has 0 aliphatic carbocycles. The second-order valence-corrected chi connectivity index (χ2v) is 4.74. The van der Waals surface area contributed by atoms with E-state index in [9.17, 15) is 0 Å². The Hall–Kier alpha value is -1.13. The SMILES string of the molecule is CNC(C)c1ccnc(N2CCC(CO)C2)c1. The first-order chi connectivity index (χ1) is 8.24. The zero-order valence-corrected chi connectivity index (χ0v) is 10.6. The van der Waals surface area contributed by atoms with Gasteiger partial charge >= 0.3 is 0 Å². The maximum Gasteiger partial charge on any atom is 0.128 e. The van der Waals surface area contributed by atoms with Gasteiger partial charge in [-0.2, -0.15) is 0 Å². The summed E-state index contributed by atoms with van der Waals surface area (Å²) in [6, 6.07) is 4.53. The highest BCUT2D eigenvalue weighted by Crippen LogP contribution is 2.24. The molecule has 0 amide bonds. The molecule has 0 radical (unpaired) electrons. The first-order valence-corrected chi connectivity index (χ1v) is 6.23. The number of aliphatic hydroxyl groups excluding tert-OH is 1. The molecule has 2 atom stereocenters. The van der Waals surface area contributed by atoms with E-state index in [1.165, 1.54) is 5.56 Å². The summed E-state index contributed by atoms with van der Waals surface area (Å²) in [5.74, 6) is 1.43. The van der Waals surface area contributed by atoms with Crippen LogP contribution in [0.5, 0.6) is 0 Å². The summed E-state index contributed by atoms with van der Waals surface area (Å²) in [7, 11) is 1.96. The smallest absolute Gasteiger partial charge is 0.128 e. The molecule has 1 fully saturated rings. The molecule has 0 saturated carbocycles. The monoisotopic (exact) mass is 235 g/mol. The van der Waals surface area contributed by atoms with Gasteiger partial charge in [0, 0.05) is 37.9 Å². The maximum absolute atomic E-state index is 9.15. The van der Waals surface area contributed by atoms with Crippen molar-refractivity contribution in [3.63, 3.8) is 0 Å². The topological polar surface area (TPSA) is 48.4 Å². The summed E-state index contributed by atoms with van der Waals surface area (Å²) >= 11 is 0. The van der Waals surface area contributed by atoms with Crippen LogP contribution in [-0.2, 0) is 0 Å². The fourth-order valence-corrected chi connectivity index (χ4v) is 2.23. The Labute approximate surface area is 103 Å². The molecule has 1 aliphatic heterocycles. The van der Waals surface area contributed by atoms with Gasteiger partial charge in [-0.05, 0) is 38.1 Å². The van der Waals surface area contributed by atoms with Crippen molar-refractivity contribution in [2.75, 3.05) is 31.6 Å². The standard InChI is InChI=1S/C13H21N3O/c1-10(14-2)12-3-5-15-13(7-12)16-6-4-11(8-16)9-17/h3,5,7,10-11,14,17H,4,6,8-9H2,1-2H3. The van der Waals surface area contributed by atoms with Gasteiger partial charge in [0.15, 0.2) is 0 Å². The lowest BCUT2D eigenvalue weighted by Crippen LogP contribution is -2.22. The van der Waals surface area contributed by atoms with Crippen LogP contribution in [0.3, 0.4) is 0 Å². The summed E-state index contributed by atoms with van der Waals surface area (Å²) in [6.45, 7) is 4.33. The van der Waals surface area contributed by atoms with Crippen LogP contribution >= 0.6 is 0 Å². The Bertz CT molecular complexity index is 369. The predicted octanol–water partition coefficient (Wildman–Crippen LogP) is 1.18. The third-order valence-electron chi connectivity index (χ3n) is 3.57. The number of nitrogens with zero attached hydrogens (tertiary/aromatic N) is 2. The quantitative estimate of drug-likeness (QED) is 0.823.